The van der Waals surface area contributed by atoms with Gasteiger partial charge in [0.05, 0.1) is 10.9 Å². The zero-order valence-corrected chi connectivity index (χ0v) is 9.30. The molecule has 0 saturated carbocycles. The van der Waals surface area contributed by atoms with E-state index in [0.29, 0.717) is 6.04 Å². The van der Waals surface area contributed by atoms with Crippen molar-refractivity contribution in [3.8, 4) is 11.8 Å². The monoisotopic (exact) mass is 213 g/mol. The number of thiophene rings is 1. The first-order chi connectivity index (χ1) is 6.24. The van der Waals surface area contributed by atoms with Crippen LogP contribution in [-0.4, -0.2) is 6.54 Å². The Morgan fingerprint density at radius 2 is 2.46 bits per heavy atom. The smallest absolute Gasteiger partial charge is 0.0931 e. The topological polar surface area (TPSA) is 12.0 Å². The Morgan fingerprint density at radius 3 is 3.00 bits per heavy atom. The number of nitrogens with one attached hydrogen (secondary N) is 1. The van der Waals surface area contributed by atoms with E-state index in [4.69, 9.17) is 11.6 Å². The van der Waals surface area contributed by atoms with Crippen molar-refractivity contribution in [1.29, 1.82) is 0 Å². The van der Waals surface area contributed by atoms with Crippen molar-refractivity contribution in [3.05, 3.63) is 21.3 Å². The van der Waals surface area contributed by atoms with E-state index in [0.717, 1.165) is 10.9 Å². The Balaban J connectivity index is 2.47. The predicted molar refractivity (Wildman–Crippen MR) is 59.2 cm³/mol. The minimum Gasteiger partial charge on any atom is -0.300 e. The lowest BCUT2D eigenvalue weighted by Gasteiger charge is -2.08. The molecule has 13 heavy (non-hydrogen) atoms. The van der Waals surface area contributed by atoms with E-state index >= 15 is 0 Å². The maximum atomic E-state index is 5.83. The Bertz CT molecular complexity index is 321. The Hall–Kier alpha value is -0.490. The third-order valence-corrected chi connectivity index (χ3v) is 2.87. The van der Waals surface area contributed by atoms with Crippen LogP contribution in [0.15, 0.2) is 11.4 Å². The van der Waals surface area contributed by atoms with Gasteiger partial charge >= 0.3 is 0 Å². The molecule has 70 valence electrons. The second-order valence-electron chi connectivity index (χ2n) is 2.71. The van der Waals surface area contributed by atoms with Gasteiger partial charge in [-0.3, -0.25) is 5.32 Å². The van der Waals surface area contributed by atoms with Crippen LogP contribution in [0.1, 0.15) is 25.5 Å². The fourth-order valence-electron chi connectivity index (χ4n) is 0.961. The SMILES string of the molecule is CC#CCNC(C)c1csc(Cl)c1. The summed E-state index contributed by atoms with van der Waals surface area (Å²) in [5, 5.41) is 5.36. The number of hydrogen-bond donors (Lipinski definition) is 1. The van der Waals surface area contributed by atoms with E-state index < -0.39 is 0 Å². The molecule has 1 nitrogen and oxygen atoms in total. The van der Waals surface area contributed by atoms with Crippen molar-refractivity contribution in [2.24, 2.45) is 0 Å². The average molecular weight is 214 g/mol. The standard InChI is InChI=1S/C10H12ClNS/c1-3-4-5-12-8(2)9-6-10(11)13-7-9/h6-8,12H,5H2,1-2H3. The first-order valence-electron chi connectivity index (χ1n) is 4.11. The summed E-state index contributed by atoms with van der Waals surface area (Å²) in [4.78, 5) is 0. The number of hydrogen-bond acceptors (Lipinski definition) is 2. The average Bonchev–Trinajstić information content (AvgIpc) is 2.52. The molecule has 0 spiro atoms. The van der Waals surface area contributed by atoms with Crippen LogP contribution >= 0.6 is 22.9 Å². The van der Waals surface area contributed by atoms with E-state index in [-0.39, 0.29) is 0 Å². The molecular formula is C10H12ClNS. The van der Waals surface area contributed by atoms with Crippen LogP contribution in [0.5, 0.6) is 0 Å². The molecule has 1 aromatic heterocycles. The van der Waals surface area contributed by atoms with Crippen molar-refractivity contribution in [1.82, 2.24) is 5.32 Å². The second kappa shape index (κ2) is 5.29. The fourth-order valence-corrected chi connectivity index (χ4v) is 1.95. The maximum absolute atomic E-state index is 5.83. The molecule has 1 atom stereocenters. The van der Waals surface area contributed by atoms with Crippen molar-refractivity contribution in [2.45, 2.75) is 19.9 Å². The van der Waals surface area contributed by atoms with Crippen LogP contribution < -0.4 is 5.32 Å². The van der Waals surface area contributed by atoms with Crippen molar-refractivity contribution in [2.75, 3.05) is 6.54 Å². The van der Waals surface area contributed by atoms with Gasteiger partial charge in [-0.1, -0.05) is 17.5 Å². The molecule has 0 radical (unpaired) electrons. The van der Waals surface area contributed by atoms with E-state index in [1.807, 2.05) is 13.0 Å². The minimum atomic E-state index is 0.324. The van der Waals surface area contributed by atoms with Gasteiger partial charge in [-0.25, -0.2) is 0 Å². The summed E-state index contributed by atoms with van der Waals surface area (Å²) in [5.41, 5.74) is 1.23. The summed E-state index contributed by atoms with van der Waals surface area (Å²) >= 11 is 7.39. The zero-order valence-electron chi connectivity index (χ0n) is 7.73. The fraction of sp³-hybridized carbons (Fsp3) is 0.400. The highest BCUT2D eigenvalue weighted by atomic mass is 35.5. The van der Waals surface area contributed by atoms with Crippen LogP contribution in [-0.2, 0) is 0 Å². The predicted octanol–water partition coefficient (Wildman–Crippen LogP) is 3.08. The lowest BCUT2D eigenvalue weighted by Crippen LogP contribution is -2.18. The highest BCUT2D eigenvalue weighted by Gasteiger charge is 2.05. The lowest BCUT2D eigenvalue weighted by molar-refractivity contribution is 0.625. The van der Waals surface area contributed by atoms with Crippen LogP contribution in [0.4, 0.5) is 0 Å². The molecule has 0 saturated heterocycles. The third kappa shape index (κ3) is 3.40. The summed E-state index contributed by atoms with van der Waals surface area (Å²) < 4.78 is 0.838. The van der Waals surface area contributed by atoms with Gasteiger partial charge in [0.2, 0.25) is 0 Å². The van der Waals surface area contributed by atoms with E-state index in [1.54, 1.807) is 11.3 Å². The Morgan fingerprint density at radius 1 is 1.69 bits per heavy atom. The summed E-state index contributed by atoms with van der Waals surface area (Å²) in [6.45, 7) is 4.68. The summed E-state index contributed by atoms with van der Waals surface area (Å²) in [5.74, 6) is 5.81. The highest BCUT2D eigenvalue weighted by molar-refractivity contribution is 7.14. The van der Waals surface area contributed by atoms with Crippen LogP contribution in [0, 0.1) is 11.8 Å². The van der Waals surface area contributed by atoms with Crippen molar-refractivity contribution in [3.63, 3.8) is 0 Å². The molecule has 1 rings (SSSR count). The van der Waals surface area contributed by atoms with Crippen molar-refractivity contribution >= 4 is 22.9 Å². The molecular weight excluding hydrogens is 202 g/mol. The minimum absolute atomic E-state index is 0.324. The molecule has 0 bridgehead atoms. The quantitative estimate of drug-likeness (QED) is 0.761. The molecule has 0 fully saturated rings. The molecule has 0 aliphatic heterocycles. The number of halogens is 1. The van der Waals surface area contributed by atoms with Gasteiger partial charge in [-0.05, 0) is 30.9 Å². The number of rotatable bonds is 3. The van der Waals surface area contributed by atoms with E-state index in [9.17, 15) is 0 Å². The van der Waals surface area contributed by atoms with Crippen LogP contribution in [0.3, 0.4) is 0 Å². The maximum Gasteiger partial charge on any atom is 0.0931 e. The molecule has 1 heterocycles. The van der Waals surface area contributed by atoms with Gasteiger partial charge in [0.1, 0.15) is 0 Å². The van der Waals surface area contributed by atoms with Gasteiger partial charge in [0.25, 0.3) is 0 Å². The van der Waals surface area contributed by atoms with E-state index in [1.165, 1.54) is 5.56 Å². The van der Waals surface area contributed by atoms with Gasteiger partial charge in [-0.15, -0.1) is 17.3 Å². The van der Waals surface area contributed by atoms with Gasteiger partial charge in [-0.2, -0.15) is 0 Å². The zero-order chi connectivity index (χ0) is 9.68. The van der Waals surface area contributed by atoms with Crippen LogP contribution in [0.25, 0.3) is 0 Å². The Labute approximate surface area is 88.1 Å². The van der Waals surface area contributed by atoms with Gasteiger partial charge in [0, 0.05) is 6.04 Å². The lowest BCUT2D eigenvalue weighted by atomic mass is 10.2. The largest absolute Gasteiger partial charge is 0.300 e. The van der Waals surface area contributed by atoms with Crippen LogP contribution in [0.2, 0.25) is 4.34 Å². The van der Waals surface area contributed by atoms with Gasteiger partial charge < -0.3 is 0 Å². The first-order valence-corrected chi connectivity index (χ1v) is 5.36. The first kappa shape index (κ1) is 10.6. The summed E-state index contributed by atoms with van der Waals surface area (Å²) in [6.07, 6.45) is 0. The highest BCUT2D eigenvalue weighted by Crippen LogP contribution is 2.24. The molecule has 0 amide bonds. The van der Waals surface area contributed by atoms with Crippen molar-refractivity contribution < 1.29 is 0 Å². The normalized spacial score (nSPS) is 11.9. The molecule has 1 unspecified atom stereocenters. The molecule has 3 heteroatoms. The summed E-state index contributed by atoms with van der Waals surface area (Å²) in [7, 11) is 0. The Kier molecular flexibility index (Phi) is 4.31. The molecule has 1 N–H and O–H groups in total. The summed E-state index contributed by atoms with van der Waals surface area (Å²) in [6, 6.07) is 2.31. The van der Waals surface area contributed by atoms with E-state index in [2.05, 4.69) is 29.5 Å². The van der Waals surface area contributed by atoms with Gasteiger partial charge in [0.15, 0.2) is 0 Å². The third-order valence-electron chi connectivity index (χ3n) is 1.76. The molecule has 0 aliphatic carbocycles. The second-order valence-corrected chi connectivity index (χ2v) is 4.26. The molecule has 0 aliphatic rings. The molecule has 0 aromatic carbocycles. The molecule has 1 aromatic rings.